The third-order valence-electron chi connectivity index (χ3n) is 3.44. The van der Waals surface area contributed by atoms with Crippen LogP contribution in [-0.4, -0.2) is 5.91 Å². The number of hydrogen-bond donors (Lipinski definition) is 1. The summed E-state index contributed by atoms with van der Waals surface area (Å²) in [5, 5.41) is 4.91. The molecule has 0 radical (unpaired) electrons. The Hall–Kier alpha value is -2.68. The Morgan fingerprint density at radius 1 is 0.952 bits per heavy atom. The molecule has 3 rings (SSSR count). The van der Waals surface area contributed by atoms with E-state index in [1.54, 1.807) is 12.1 Å². The number of rotatable bonds is 2. The summed E-state index contributed by atoms with van der Waals surface area (Å²) in [6, 6.07) is 17.5. The van der Waals surface area contributed by atoms with Crippen LogP contribution in [0.2, 0.25) is 0 Å². The average molecular weight is 279 g/mol. The molecule has 0 heterocycles. The number of carbonyl (C=O) groups is 1. The van der Waals surface area contributed by atoms with Gasteiger partial charge in [0.1, 0.15) is 5.82 Å². The van der Waals surface area contributed by atoms with Crippen LogP contribution in [0.1, 0.15) is 15.9 Å². The molecule has 104 valence electrons. The molecule has 0 aromatic heterocycles. The summed E-state index contributed by atoms with van der Waals surface area (Å²) in [4.78, 5) is 12.4. The zero-order valence-electron chi connectivity index (χ0n) is 11.6. The first-order valence-electron chi connectivity index (χ1n) is 6.70. The van der Waals surface area contributed by atoms with Gasteiger partial charge in [-0.1, -0.05) is 30.3 Å². The van der Waals surface area contributed by atoms with Crippen molar-refractivity contribution in [2.75, 3.05) is 5.32 Å². The second kappa shape index (κ2) is 5.37. The van der Waals surface area contributed by atoms with E-state index in [0.717, 1.165) is 16.3 Å². The van der Waals surface area contributed by atoms with Gasteiger partial charge in [-0.25, -0.2) is 4.39 Å². The lowest BCUT2D eigenvalue weighted by Crippen LogP contribution is -2.13. The number of nitrogens with one attached hydrogen (secondary N) is 1. The van der Waals surface area contributed by atoms with Gasteiger partial charge in [-0.15, -0.1) is 0 Å². The number of halogens is 1. The fourth-order valence-corrected chi connectivity index (χ4v) is 2.33. The van der Waals surface area contributed by atoms with Crippen LogP contribution < -0.4 is 5.32 Å². The third-order valence-corrected chi connectivity index (χ3v) is 3.44. The van der Waals surface area contributed by atoms with E-state index in [2.05, 4.69) is 5.32 Å². The summed E-state index contributed by atoms with van der Waals surface area (Å²) in [5.41, 5.74) is 2.11. The first kappa shape index (κ1) is 13.3. The average Bonchev–Trinajstić information content (AvgIpc) is 2.49. The van der Waals surface area contributed by atoms with Crippen molar-refractivity contribution in [2.45, 2.75) is 6.92 Å². The number of amides is 1. The maximum Gasteiger partial charge on any atom is 0.255 e. The number of carbonyl (C=O) groups excluding carboxylic acids is 1. The van der Waals surface area contributed by atoms with E-state index in [-0.39, 0.29) is 11.7 Å². The lowest BCUT2D eigenvalue weighted by Gasteiger charge is -2.09. The van der Waals surface area contributed by atoms with Gasteiger partial charge in [-0.3, -0.25) is 4.79 Å². The SMILES string of the molecule is Cc1cc2ccccc2cc1C(=O)Nc1ccc(F)cc1. The van der Waals surface area contributed by atoms with Crippen molar-refractivity contribution in [2.24, 2.45) is 0 Å². The zero-order valence-corrected chi connectivity index (χ0v) is 11.6. The molecule has 0 spiro atoms. The summed E-state index contributed by atoms with van der Waals surface area (Å²) >= 11 is 0. The van der Waals surface area contributed by atoms with Crippen molar-refractivity contribution in [3.63, 3.8) is 0 Å². The van der Waals surface area contributed by atoms with E-state index < -0.39 is 0 Å². The summed E-state index contributed by atoms with van der Waals surface area (Å²) in [7, 11) is 0. The molecule has 21 heavy (non-hydrogen) atoms. The minimum Gasteiger partial charge on any atom is -0.322 e. The smallest absolute Gasteiger partial charge is 0.255 e. The van der Waals surface area contributed by atoms with Crippen LogP contribution in [-0.2, 0) is 0 Å². The number of aryl methyl sites for hydroxylation is 1. The molecule has 1 N–H and O–H groups in total. The van der Waals surface area contributed by atoms with Crippen molar-refractivity contribution in [1.82, 2.24) is 0 Å². The monoisotopic (exact) mass is 279 g/mol. The fraction of sp³-hybridized carbons (Fsp3) is 0.0556. The van der Waals surface area contributed by atoms with E-state index in [4.69, 9.17) is 0 Å². The quantitative estimate of drug-likeness (QED) is 0.733. The first-order valence-corrected chi connectivity index (χ1v) is 6.70. The van der Waals surface area contributed by atoms with Crippen LogP contribution in [0.3, 0.4) is 0 Å². The second-order valence-corrected chi connectivity index (χ2v) is 4.98. The molecule has 0 aliphatic carbocycles. The van der Waals surface area contributed by atoms with Gasteiger partial charge in [0.15, 0.2) is 0 Å². The van der Waals surface area contributed by atoms with Crippen molar-refractivity contribution in [1.29, 1.82) is 0 Å². The van der Waals surface area contributed by atoms with Crippen LogP contribution in [0, 0.1) is 12.7 Å². The fourth-order valence-electron chi connectivity index (χ4n) is 2.33. The van der Waals surface area contributed by atoms with Gasteiger partial charge in [-0.2, -0.15) is 0 Å². The van der Waals surface area contributed by atoms with Gasteiger partial charge in [0, 0.05) is 11.3 Å². The summed E-state index contributed by atoms with van der Waals surface area (Å²) in [6.45, 7) is 1.91. The van der Waals surface area contributed by atoms with Gasteiger partial charge in [0.25, 0.3) is 5.91 Å². The predicted molar refractivity (Wildman–Crippen MR) is 83.0 cm³/mol. The van der Waals surface area contributed by atoms with Crippen LogP contribution in [0.5, 0.6) is 0 Å². The van der Waals surface area contributed by atoms with Gasteiger partial charge < -0.3 is 5.32 Å². The Morgan fingerprint density at radius 2 is 1.57 bits per heavy atom. The molecule has 0 unspecified atom stereocenters. The number of benzene rings is 3. The van der Waals surface area contributed by atoms with E-state index in [1.807, 2.05) is 43.3 Å². The highest BCUT2D eigenvalue weighted by Crippen LogP contribution is 2.21. The molecule has 0 saturated carbocycles. The molecule has 2 nitrogen and oxygen atoms in total. The Bertz CT molecular complexity index is 809. The van der Waals surface area contributed by atoms with Crippen LogP contribution in [0.4, 0.5) is 10.1 Å². The van der Waals surface area contributed by atoms with Crippen molar-refractivity contribution >= 4 is 22.4 Å². The summed E-state index contributed by atoms with van der Waals surface area (Å²) < 4.78 is 12.9. The van der Waals surface area contributed by atoms with Crippen LogP contribution in [0.15, 0.2) is 60.7 Å². The molecule has 3 heteroatoms. The second-order valence-electron chi connectivity index (χ2n) is 4.98. The molecule has 0 aliphatic heterocycles. The largest absolute Gasteiger partial charge is 0.322 e. The van der Waals surface area contributed by atoms with Gasteiger partial charge in [0.2, 0.25) is 0 Å². The van der Waals surface area contributed by atoms with Crippen LogP contribution in [0.25, 0.3) is 10.8 Å². The Kier molecular flexibility index (Phi) is 3.40. The van der Waals surface area contributed by atoms with Crippen molar-refractivity contribution in [3.8, 4) is 0 Å². The molecule has 0 fully saturated rings. The van der Waals surface area contributed by atoms with E-state index >= 15 is 0 Å². The molecule has 3 aromatic carbocycles. The number of fused-ring (bicyclic) bond motifs is 1. The third kappa shape index (κ3) is 2.77. The minimum absolute atomic E-state index is 0.190. The molecule has 1 amide bonds. The first-order chi connectivity index (χ1) is 10.1. The maximum absolute atomic E-state index is 12.9. The van der Waals surface area contributed by atoms with Gasteiger partial charge in [-0.05, 0) is 53.6 Å². The molecule has 0 saturated heterocycles. The van der Waals surface area contributed by atoms with E-state index in [0.29, 0.717) is 11.3 Å². The minimum atomic E-state index is -0.324. The summed E-state index contributed by atoms with van der Waals surface area (Å²) in [6.07, 6.45) is 0. The molecule has 0 atom stereocenters. The highest BCUT2D eigenvalue weighted by molar-refractivity contribution is 6.07. The van der Waals surface area contributed by atoms with Crippen molar-refractivity contribution < 1.29 is 9.18 Å². The predicted octanol–water partition coefficient (Wildman–Crippen LogP) is 4.54. The number of anilines is 1. The Balaban J connectivity index is 1.93. The van der Waals surface area contributed by atoms with Gasteiger partial charge >= 0.3 is 0 Å². The highest BCUT2D eigenvalue weighted by Gasteiger charge is 2.10. The normalized spacial score (nSPS) is 10.6. The topological polar surface area (TPSA) is 29.1 Å². The lowest BCUT2D eigenvalue weighted by molar-refractivity contribution is 0.102. The van der Waals surface area contributed by atoms with E-state index in [9.17, 15) is 9.18 Å². The maximum atomic E-state index is 12.9. The lowest BCUT2D eigenvalue weighted by atomic mass is 10.0. The number of hydrogen-bond acceptors (Lipinski definition) is 1. The Morgan fingerprint density at radius 3 is 2.24 bits per heavy atom. The molecular weight excluding hydrogens is 265 g/mol. The van der Waals surface area contributed by atoms with E-state index in [1.165, 1.54) is 12.1 Å². The Labute approximate surface area is 122 Å². The van der Waals surface area contributed by atoms with Crippen LogP contribution >= 0.6 is 0 Å². The highest BCUT2D eigenvalue weighted by atomic mass is 19.1. The molecule has 0 bridgehead atoms. The zero-order chi connectivity index (χ0) is 14.8. The summed E-state index contributed by atoms with van der Waals surface area (Å²) in [5.74, 6) is -0.514. The molecular formula is C18H14FNO. The molecule has 3 aromatic rings. The standard InChI is InChI=1S/C18H14FNO/c1-12-10-13-4-2-3-5-14(13)11-17(12)18(21)20-16-8-6-15(19)7-9-16/h2-11H,1H3,(H,20,21). The van der Waals surface area contributed by atoms with Gasteiger partial charge in [0.05, 0.1) is 0 Å². The van der Waals surface area contributed by atoms with Crippen molar-refractivity contribution in [3.05, 3.63) is 77.6 Å². The molecule has 0 aliphatic rings.